The van der Waals surface area contributed by atoms with Crippen LogP contribution in [0, 0.1) is 6.92 Å². The number of amides is 1. The maximum absolute atomic E-state index is 12.9. The molecule has 1 atom stereocenters. The van der Waals surface area contributed by atoms with Crippen molar-refractivity contribution in [3.63, 3.8) is 0 Å². The van der Waals surface area contributed by atoms with Crippen molar-refractivity contribution >= 4 is 32.9 Å². The Kier molecular flexibility index (Phi) is 4.53. The average Bonchev–Trinajstić information content (AvgIpc) is 3.40. The summed E-state index contributed by atoms with van der Waals surface area (Å²) < 4.78 is 6.37. The Labute approximate surface area is 160 Å². The maximum atomic E-state index is 12.9. The van der Waals surface area contributed by atoms with Crippen LogP contribution in [0.5, 0.6) is 0 Å². The number of hydrogen-bond donors (Lipinski definition) is 1. The number of carbonyl (C=O) groups excluding carboxylic acids is 1. The Balaban J connectivity index is 1.57. The molecule has 0 bridgehead atoms. The van der Waals surface area contributed by atoms with Crippen molar-refractivity contribution in [1.29, 1.82) is 0 Å². The van der Waals surface area contributed by atoms with Crippen LogP contribution in [0.2, 0.25) is 0 Å². The Hall–Kier alpha value is -2.21. The van der Waals surface area contributed by atoms with Gasteiger partial charge in [0.2, 0.25) is 0 Å². The monoisotopic (exact) mass is 413 g/mol. The lowest BCUT2D eigenvalue weighted by atomic mass is 10.0. The molecule has 3 aromatic rings. The lowest BCUT2D eigenvalue weighted by Gasteiger charge is -2.15. The van der Waals surface area contributed by atoms with Gasteiger partial charge in [0.1, 0.15) is 0 Å². The van der Waals surface area contributed by atoms with Gasteiger partial charge in [0.15, 0.2) is 0 Å². The van der Waals surface area contributed by atoms with E-state index in [1.807, 2.05) is 32.0 Å². The summed E-state index contributed by atoms with van der Waals surface area (Å²) in [5.74, 6) is 0.340. The zero-order chi connectivity index (χ0) is 18.3. The quantitative estimate of drug-likeness (QED) is 0.666. The fourth-order valence-corrected chi connectivity index (χ4v) is 3.47. The van der Waals surface area contributed by atoms with Crippen molar-refractivity contribution < 1.29 is 9.32 Å². The Bertz CT molecular complexity index is 961. The number of fused-ring (bicyclic) bond motifs is 1. The Morgan fingerprint density at radius 3 is 2.77 bits per heavy atom. The fourth-order valence-electron chi connectivity index (χ4n) is 3.21. The molecule has 0 radical (unpaired) electrons. The highest BCUT2D eigenvalue weighted by Gasteiger charge is 2.28. The summed E-state index contributed by atoms with van der Waals surface area (Å²) in [5.41, 5.74) is 3.87. The zero-order valence-corrected chi connectivity index (χ0v) is 16.3. The van der Waals surface area contributed by atoms with E-state index >= 15 is 0 Å². The van der Waals surface area contributed by atoms with Crippen molar-refractivity contribution in [2.45, 2.75) is 45.1 Å². The van der Waals surface area contributed by atoms with Crippen molar-refractivity contribution in [2.75, 3.05) is 0 Å². The van der Waals surface area contributed by atoms with Crippen LogP contribution in [0.3, 0.4) is 0 Å². The summed E-state index contributed by atoms with van der Waals surface area (Å²) in [4.78, 5) is 17.5. The van der Waals surface area contributed by atoms with Crippen molar-refractivity contribution in [3.8, 4) is 0 Å². The molecular weight excluding hydrogens is 394 g/mol. The molecule has 1 aliphatic carbocycles. The molecule has 0 aliphatic heterocycles. The maximum Gasteiger partial charge on any atom is 0.259 e. The standard InChI is InChI=1S/C20H20BrN3O2/c1-11(9-13-3-7-15(21)8-4-13)22-19(25)16-10-17(14-5-6-14)23-20-18(16)12(2)24-26-20/h3-4,7-8,10-11,14H,5-6,9H2,1-2H3,(H,22,25)/t11-/m1/s1. The zero-order valence-electron chi connectivity index (χ0n) is 14.8. The number of aromatic nitrogens is 2. The van der Waals surface area contributed by atoms with Gasteiger partial charge < -0.3 is 9.84 Å². The van der Waals surface area contributed by atoms with Gasteiger partial charge in [-0.15, -0.1) is 0 Å². The van der Waals surface area contributed by atoms with Crippen molar-refractivity contribution in [3.05, 3.63) is 57.3 Å². The van der Waals surface area contributed by atoms with E-state index in [-0.39, 0.29) is 11.9 Å². The fraction of sp³-hybridized carbons (Fsp3) is 0.350. The predicted octanol–water partition coefficient (Wildman–Crippen LogP) is 4.53. The highest BCUT2D eigenvalue weighted by molar-refractivity contribution is 9.10. The molecule has 1 aromatic carbocycles. The molecule has 1 aliphatic rings. The van der Waals surface area contributed by atoms with E-state index in [9.17, 15) is 4.79 Å². The van der Waals surface area contributed by atoms with Crippen LogP contribution in [0.15, 0.2) is 39.3 Å². The first-order valence-electron chi connectivity index (χ1n) is 8.83. The van der Waals surface area contributed by atoms with Gasteiger partial charge in [-0.25, -0.2) is 4.98 Å². The van der Waals surface area contributed by atoms with Gasteiger partial charge in [0.05, 0.1) is 16.6 Å². The first-order valence-corrected chi connectivity index (χ1v) is 9.63. The van der Waals surface area contributed by atoms with Gasteiger partial charge >= 0.3 is 0 Å². The number of aryl methyl sites for hydroxylation is 1. The van der Waals surface area contributed by atoms with E-state index in [1.54, 1.807) is 0 Å². The van der Waals surface area contributed by atoms with Crippen LogP contribution in [-0.2, 0) is 6.42 Å². The first kappa shape index (κ1) is 17.2. The predicted molar refractivity (Wildman–Crippen MR) is 103 cm³/mol. The van der Waals surface area contributed by atoms with Gasteiger partial charge in [-0.3, -0.25) is 4.79 Å². The number of rotatable bonds is 5. The van der Waals surface area contributed by atoms with Gasteiger partial charge in [0, 0.05) is 22.1 Å². The summed E-state index contributed by atoms with van der Waals surface area (Å²) in [6, 6.07) is 10.1. The van der Waals surface area contributed by atoms with Crippen molar-refractivity contribution in [1.82, 2.24) is 15.5 Å². The SMILES string of the molecule is Cc1noc2nc(C3CC3)cc(C(=O)N[C@H](C)Cc3ccc(Br)cc3)c12. The molecule has 5 nitrogen and oxygen atoms in total. The third kappa shape index (κ3) is 3.51. The third-order valence-corrected chi connectivity index (χ3v) is 5.24. The second kappa shape index (κ2) is 6.83. The van der Waals surface area contributed by atoms with Crippen LogP contribution in [0.4, 0.5) is 0 Å². The minimum absolute atomic E-state index is 0.0106. The number of pyridine rings is 1. The molecular formula is C20H20BrN3O2. The number of halogens is 1. The minimum Gasteiger partial charge on any atom is -0.349 e. The Morgan fingerprint density at radius 1 is 1.35 bits per heavy atom. The van der Waals surface area contributed by atoms with Crippen LogP contribution < -0.4 is 5.32 Å². The third-order valence-electron chi connectivity index (χ3n) is 4.71. The first-order chi connectivity index (χ1) is 12.5. The largest absolute Gasteiger partial charge is 0.349 e. The van der Waals surface area contributed by atoms with Gasteiger partial charge in [-0.05, 0) is 56.9 Å². The number of carbonyl (C=O) groups is 1. The Morgan fingerprint density at radius 2 is 2.08 bits per heavy atom. The number of hydrogen-bond acceptors (Lipinski definition) is 4. The summed E-state index contributed by atoms with van der Waals surface area (Å²) in [6.07, 6.45) is 3.00. The molecule has 26 heavy (non-hydrogen) atoms. The molecule has 1 N–H and O–H groups in total. The number of nitrogens with zero attached hydrogens (tertiary/aromatic N) is 2. The topological polar surface area (TPSA) is 68.0 Å². The lowest BCUT2D eigenvalue weighted by molar-refractivity contribution is 0.0941. The molecule has 1 saturated carbocycles. The molecule has 1 fully saturated rings. The van der Waals surface area contributed by atoms with E-state index in [0.717, 1.165) is 29.4 Å². The van der Waals surface area contributed by atoms with Crippen LogP contribution in [-0.4, -0.2) is 22.1 Å². The normalized spacial score (nSPS) is 15.2. The second-order valence-electron chi connectivity index (χ2n) is 7.02. The van der Waals surface area contributed by atoms with Crippen LogP contribution >= 0.6 is 15.9 Å². The van der Waals surface area contributed by atoms with Gasteiger partial charge in [-0.1, -0.05) is 33.2 Å². The molecule has 4 rings (SSSR count). The van der Waals surface area contributed by atoms with Gasteiger partial charge in [0.25, 0.3) is 11.6 Å². The molecule has 2 aromatic heterocycles. The smallest absolute Gasteiger partial charge is 0.259 e. The van der Waals surface area contributed by atoms with Crippen LogP contribution in [0.1, 0.15) is 53.0 Å². The molecule has 6 heteroatoms. The number of benzene rings is 1. The molecule has 134 valence electrons. The van der Waals surface area contributed by atoms with Crippen molar-refractivity contribution in [2.24, 2.45) is 0 Å². The van der Waals surface area contributed by atoms with E-state index in [1.165, 1.54) is 5.56 Å². The molecule has 0 unspecified atom stereocenters. The average molecular weight is 414 g/mol. The van der Waals surface area contributed by atoms with Crippen LogP contribution in [0.25, 0.3) is 11.1 Å². The van der Waals surface area contributed by atoms with E-state index in [0.29, 0.717) is 28.3 Å². The van der Waals surface area contributed by atoms with E-state index in [4.69, 9.17) is 4.52 Å². The lowest BCUT2D eigenvalue weighted by Crippen LogP contribution is -2.34. The molecule has 0 saturated heterocycles. The molecule has 0 spiro atoms. The highest BCUT2D eigenvalue weighted by atomic mass is 79.9. The minimum atomic E-state index is -0.102. The highest BCUT2D eigenvalue weighted by Crippen LogP contribution is 2.40. The van der Waals surface area contributed by atoms with E-state index < -0.39 is 0 Å². The summed E-state index contributed by atoms with van der Waals surface area (Å²) in [5, 5.41) is 7.81. The summed E-state index contributed by atoms with van der Waals surface area (Å²) >= 11 is 3.44. The van der Waals surface area contributed by atoms with Gasteiger partial charge in [-0.2, -0.15) is 0 Å². The second-order valence-corrected chi connectivity index (χ2v) is 7.94. The van der Waals surface area contributed by atoms with E-state index in [2.05, 4.69) is 43.5 Å². The molecule has 2 heterocycles. The summed E-state index contributed by atoms with van der Waals surface area (Å²) in [6.45, 7) is 3.85. The summed E-state index contributed by atoms with van der Waals surface area (Å²) in [7, 11) is 0. The molecule has 1 amide bonds. The number of nitrogens with one attached hydrogen (secondary N) is 1.